The van der Waals surface area contributed by atoms with Crippen molar-refractivity contribution in [2.45, 2.75) is 20.0 Å². The molecule has 3 rings (SSSR count). The Bertz CT molecular complexity index is 1000. The average molecular weight is 377 g/mol. The van der Waals surface area contributed by atoms with Gasteiger partial charge in [0.2, 0.25) is 5.91 Å². The van der Waals surface area contributed by atoms with Crippen LogP contribution in [0.2, 0.25) is 0 Å². The van der Waals surface area contributed by atoms with Gasteiger partial charge in [0.1, 0.15) is 11.5 Å². The highest BCUT2D eigenvalue weighted by Gasteiger charge is 2.15. The van der Waals surface area contributed by atoms with Crippen molar-refractivity contribution in [1.82, 2.24) is 15.6 Å². The maximum atomic E-state index is 13.8. The van der Waals surface area contributed by atoms with Crippen molar-refractivity contribution in [3.8, 4) is 11.1 Å². The van der Waals surface area contributed by atoms with Crippen molar-refractivity contribution >= 4 is 11.8 Å². The lowest BCUT2D eigenvalue weighted by atomic mass is 10.0. The maximum Gasteiger partial charge on any atom is 0.270 e. The number of pyridine rings is 1. The number of nitrogens with one attached hydrogen (secondary N) is 2. The van der Waals surface area contributed by atoms with E-state index in [2.05, 4.69) is 15.6 Å². The Morgan fingerprint density at radius 3 is 2.57 bits per heavy atom. The van der Waals surface area contributed by atoms with Crippen LogP contribution in [0.5, 0.6) is 0 Å². The SMILES string of the molecule is CC(=O)NCc1cccc(-c2cccnc2C(=O)NCc2ccccc2F)c1. The summed E-state index contributed by atoms with van der Waals surface area (Å²) in [5.74, 6) is -0.860. The normalized spacial score (nSPS) is 10.4. The summed E-state index contributed by atoms with van der Waals surface area (Å²) in [6.07, 6.45) is 1.54. The molecule has 1 aromatic heterocycles. The third-order valence-corrected chi connectivity index (χ3v) is 4.20. The average Bonchev–Trinajstić information content (AvgIpc) is 2.71. The van der Waals surface area contributed by atoms with Gasteiger partial charge in [-0.1, -0.05) is 42.5 Å². The van der Waals surface area contributed by atoms with E-state index in [-0.39, 0.29) is 29.9 Å². The van der Waals surface area contributed by atoms with E-state index in [0.717, 1.165) is 11.1 Å². The molecule has 0 spiro atoms. The molecule has 3 aromatic rings. The molecule has 1 heterocycles. The third kappa shape index (κ3) is 4.79. The first-order chi connectivity index (χ1) is 13.5. The van der Waals surface area contributed by atoms with Crippen LogP contribution in [0.3, 0.4) is 0 Å². The summed E-state index contributed by atoms with van der Waals surface area (Å²) < 4.78 is 13.8. The van der Waals surface area contributed by atoms with Crippen LogP contribution >= 0.6 is 0 Å². The van der Waals surface area contributed by atoms with Gasteiger partial charge in [0.05, 0.1) is 0 Å². The molecule has 0 aliphatic heterocycles. The Hall–Kier alpha value is -3.54. The molecular formula is C22H20FN3O2. The maximum absolute atomic E-state index is 13.8. The van der Waals surface area contributed by atoms with Gasteiger partial charge in [-0.15, -0.1) is 0 Å². The van der Waals surface area contributed by atoms with Gasteiger partial charge < -0.3 is 10.6 Å². The topological polar surface area (TPSA) is 71.1 Å². The Morgan fingerprint density at radius 1 is 0.964 bits per heavy atom. The second-order valence-corrected chi connectivity index (χ2v) is 6.28. The van der Waals surface area contributed by atoms with Gasteiger partial charge in [0.15, 0.2) is 0 Å². The van der Waals surface area contributed by atoms with E-state index in [1.165, 1.54) is 13.0 Å². The number of hydrogen-bond acceptors (Lipinski definition) is 3. The van der Waals surface area contributed by atoms with E-state index in [0.29, 0.717) is 17.7 Å². The highest BCUT2D eigenvalue weighted by Crippen LogP contribution is 2.23. The van der Waals surface area contributed by atoms with E-state index in [9.17, 15) is 14.0 Å². The second-order valence-electron chi connectivity index (χ2n) is 6.28. The zero-order valence-corrected chi connectivity index (χ0v) is 15.4. The molecule has 0 saturated heterocycles. The molecule has 0 bridgehead atoms. The second kappa shape index (κ2) is 8.90. The van der Waals surface area contributed by atoms with Crippen LogP contribution in [0, 0.1) is 5.82 Å². The van der Waals surface area contributed by atoms with Crippen molar-refractivity contribution in [2.24, 2.45) is 0 Å². The minimum absolute atomic E-state index is 0.0735. The van der Waals surface area contributed by atoms with Crippen LogP contribution in [0.1, 0.15) is 28.5 Å². The summed E-state index contributed by atoms with van der Waals surface area (Å²) in [5.41, 5.74) is 3.06. The van der Waals surface area contributed by atoms with Crippen LogP contribution in [0.15, 0.2) is 66.9 Å². The predicted molar refractivity (Wildman–Crippen MR) is 105 cm³/mol. The number of nitrogens with zero attached hydrogens (tertiary/aromatic N) is 1. The van der Waals surface area contributed by atoms with E-state index in [4.69, 9.17) is 0 Å². The van der Waals surface area contributed by atoms with Crippen LogP contribution < -0.4 is 10.6 Å². The monoisotopic (exact) mass is 377 g/mol. The Balaban J connectivity index is 1.81. The lowest BCUT2D eigenvalue weighted by Gasteiger charge is -2.11. The zero-order chi connectivity index (χ0) is 19.9. The molecule has 0 fully saturated rings. The minimum Gasteiger partial charge on any atom is -0.352 e. The van der Waals surface area contributed by atoms with E-state index >= 15 is 0 Å². The molecule has 0 aliphatic rings. The molecule has 0 radical (unpaired) electrons. The van der Waals surface area contributed by atoms with E-state index in [1.54, 1.807) is 30.5 Å². The number of benzene rings is 2. The molecule has 2 N–H and O–H groups in total. The van der Waals surface area contributed by atoms with Crippen LogP contribution in [-0.4, -0.2) is 16.8 Å². The van der Waals surface area contributed by atoms with Crippen molar-refractivity contribution < 1.29 is 14.0 Å². The van der Waals surface area contributed by atoms with Gasteiger partial charge in [-0.25, -0.2) is 4.39 Å². The zero-order valence-electron chi connectivity index (χ0n) is 15.4. The van der Waals surface area contributed by atoms with Crippen molar-refractivity contribution in [3.05, 3.63) is 89.5 Å². The molecule has 28 heavy (non-hydrogen) atoms. The van der Waals surface area contributed by atoms with Crippen molar-refractivity contribution in [3.63, 3.8) is 0 Å². The number of amides is 2. The number of aromatic nitrogens is 1. The standard InChI is InChI=1S/C22H20FN3O2/c1-15(27)25-13-16-6-4-8-17(12-16)19-9-5-11-24-21(19)22(28)26-14-18-7-2-3-10-20(18)23/h2-12H,13-14H2,1H3,(H,25,27)(H,26,28). The van der Waals surface area contributed by atoms with Crippen LogP contribution in [-0.2, 0) is 17.9 Å². The van der Waals surface area contributed by atoms with E-state index < -0.39 is 0 Å². The first-order valence-electron chi connectivity index (χ1n) is 8.85. The van der Waals surface area contributed by atoms with E-state index in [1.807, 2.05) is 30.3 Å². The molecule has 0 saturated carbocycles. The highest BCUT2D eigenvalue weighted by molar-refractivity contribution is 5.98. The molecule has 0 aliphatic carbocycles. The molecular weight excluding hydrogens is 357 g/mol. The number of carbonyl (C=O) groups excluding carboxylic acids is 2. The first-order valence-corrected chi connectivity index (χ1v) is 8.85. The number of hydrogen-bond donors (Lipinski definition) is 2. The molecule has 6 heteroatoms. The molecule has 2 aromatic carbocycles. The summed E-state index contributed by atoms with van der Waals surface area (Å²) in [6.45, 7) is 1.94. The molecule has 2 amide bonds. The molecule has 142 valence electrons. The summed E-state index contributed by atoms with van der Waals surface area (Å²) >= 11 is 0. The predicted octanol–water partition coefficient (Wildman–Crippen LogP) is 3.45. The summed E-state index contributed by atoms with van der Waals surface area (Å²) in [7, 11) is 0. The van der Waals surface area contributed by atoms with Crippen LogP contribution in [0.4, 0.5) is 4.39 Å². The molecule has 5 nitrogen and oxygen atoms in total. The highest BCUT2D eigenvalue weighted by atomic mass is 19.1. The smallest absolute Gasteiger partial charge is 0.270 e. The largest absolute Gasteiger partial charge is 0.352 e. The Kier molecular flexibility index (Phi) is 6.11. The Morgan fingerprint density at radius 2 is 1.79 bits per heavy atom. The van der Waals surface area contributed by atoms with Gasteiger partial charge in [-0.05, 0) is 29.3 Å². The quantitative estimate of drug-likeness (QED) is 0.691. The van der Waals surface area contributed by atoms with Gasteiger partial charge in [0, 0.05) is 37.3 Å². The minimum atomic E-state index is -0.383. The van der Waals surface area contributed by atoms with Gasteiger partial charge in [-0.3, -0.25) is 14.6 Å². The van der Waals surface area contributed by atoms with Gasteiger partial charge in [-0.2, -0.15) is 0 Å². The van der Waals surface area contributed by atoms with Crippen molar-refractivity contribution in [2.75, 3.05) is 0 Å². The number of rotatable bonds is 6. The summed E-state index contributed by atoms with van der Waals surface area (Å²) in [4.78, 5) is 28.0. The number of carbonyl (C=O) groups is 2. The third-order valence-electron chi connectivity index (χ3n) is 4.20. The fraction of sp³-hybridized carbons (Fsp3) is 0.136. The van der Waals surface area contributed by atoms with Crippen LogP contribution in [0.25, 0.3) is 11.1 Å². The van der Waals surface area contributed by atoms with Crippen molar-refractivity contribution in [1.29, 1.82) is 0 Å². The lowest BCUT2D eigenvalue weighted by Crippen LogP contribution is -2.25. The first kappa shape index (κ1) is 19.2. The lowest BCUT2D eigenvalue weighted by molar-refractivity contribution is -0.119. The molecule has 0 unspecified atom stereocenters. The van der Waals surface area contributed by atoms with Gasteiger partial charge in [0.25, 0.3) is 5.91 Å². The fourth-order valence-electron chi connectivity index (χ4n) is 2.80. The summed E-state index contributed by atoms with van der Waals surface area (Å²) in [6, 6.07) is 17.4. The summed E-state index contributed by atoms with van der Waals surface area (Å²) in [5, 5.41) is 5.47. The van der Waals surface area contributed by atoms with Gasteiger partial charge >= 0.3 is 0 Å². The number of halogens is 1. The molecule has 0 atom stereocenters. The fourth-order valence-corrected chi connectivity index (χ4v) is 2.80. The Labute approximate surface area is 162 Å².